The molecule has 0 fully saturated rings. The van der Waals surface area contributed by atoms with E-state index in [0.717, 1.165) is 16.9 Å². The maximum Gasteiger partial charge on any atom is 0.231 e. The first-order valence-corrected chi connectivity index (χ1v) is 7.30. The third kappa shape index (κ3) is 2.85. The largest absolute Gasteiger partial charge is 0.454 e. The highest BCUT2D eigenvalue weighted by atomic mass is 35.5. The first-order chi connectivity index (χ1) is 11.3. The van der Waals surface area contributed by atoms with Crippen molar-refractivity contribution in [2.45, 2.75) is 6.61 Å². The van der Waals surface area contributed by atoms with E-state index in [9.17, 15) is 0 Å². The van der Waals surface area contributed by atoms with Crippen LogP contribution in [0, 0.1) is 0 Å². The van der Waals surface area contributed by atoms with Crippen LogP contribution in [0.4, 0.5) is 0 Å². The molecule has 0 unspecified atom stereocenters. The Bertz CT molecular complexity index is 777. The van der Waals surface area contributed by atoms with E-state index in [1.54, 1.807) is 18.3 Å². The van der Waals surface area contributed by atoms with Gasteiger partial charge in [-0.3, -0.25) is 0 Å². The molecule has 0 saturated heterocycles. The van der Waals surface area contributed by atoms with Gasteiger partial charge in [-0.1, -0.05) is 16.8 Å². The highest BCUT2D eigenvalue weighted by Crippen LogP contribution is 2.37. The molecule has 23 heavy (non-hydrogen) atoms. The van der Waals surface area contributed by atoms with Crippen molar-refractivity contribution in [3.8, 4) is 23.0 Å². The van der Waals surface area contributed by atoms with Gasteiger partial charge >= 0.3 is 0 Å². The molecule has 0 bridgehead atoms. The van der Waals surface area contributed by atoms with Crippen molar-refractivity contribution in [3.63, 3.8) is 0 Å². The highest BCUT2D eigenvalue weighted by Gasteiger charge is 2.16. The monoisotopic (exact) mass is 333 g/mol. The van der Waals surface area contributed by atoms with E-state index in [1.165, 1.54) is 0 Å². The summed E-state index contributed by atoms with van der Waals surface area (Å²) < 4.78 is 21.1. The normalized spacial score (nSPS) is 14.5. The van der Waals surface area contributed by atoms with Crippen LogP contribution in [0.25, 0.3) is 0 Å². The molecule has 0 radical (unpaired) electrons. The lowest BCUT2D eigenvalue weighted by molar-refractivity contribution is 0.132. The van der Waals surface area contributed by atoms with Crippen LogP contribution in [0.1, 0.15) is 11.1 Å². The van der Waals surface area contributed by atoms with Gasteiger partial charge in [0.15, 0.2) is 23.0 Å². The third-order valence-corrected chi connectivity index (χ3v) is 3.79. The van der Waals surface area contributed by atoms with Crippen LogP contribution < -0.4 is 18.9 Å². The summed E-state index contributed by atoms with van der Waals surface area (Å²) in [6.07, 6.45) is 1.60. The average Bonchev–Trinajstić information content (AvgIpc) is 3.19. The van der Waals surface area contributed by atoms with Crippen LogP contribution in [0.15, 0.2) is 35.5 Å². The summed E-state index contributed by atoms with van der Waals surface area (Å²) in [6.45, 7) is 0.684. The number of benzene rings is 2. The van der Waals surface area contributed by atoms with Crippen LogP contribution in [-0.2, 0) is 11.4 Å². The summed E-state index contributed by atoms with van der Waals surface area (Å²) in [5.74, 6) is 2.73. The summed E-state index contributed by atoms with van der Waals surface area (Å²) in [6, 6.07) is 9.04. The first kappa shape index (κ1) is 14.0. The fourth-order valence-electron chi connectivity index (χ4n) is 2.27. The third-order valence-electron chi connectivity index (χ3n) is 3.43. The molecule has 2 aliphatic heterocycles. The molecule has 2 aliphatic rings. The van der Waals surface area contributed by atoms with Gasteiger partial charge in [-0.05, 0) is 24.3 Å². The second kappa shape index (κ2) is 5.89. The minimum absolute atomic E-state index is 0.207. The predicted molar refractivity (Wildman–Crippen MR) is 82.5 cm³/mol. The molecule has 0 N–H and O–H groups in total. The SMILES string of the molecule is Clc1cc2c(cc1CON=Cc1ccc3c(c1)OCO3)OCO2. The van der Waals surface area contributed by atoms with Crippen LogP contribution in [0.2, 0.25) is 5.02 Å². The average molecular weight is 334 g/mol. The molecule has 2 heterocycles. The Kier molecular flexibility index (Phi) is 3.59. The van der Waals surface area contributed by atoms with E-state index in [4.69, 9.17) is 35.4 Å². The van der Waals surface area contributed by atoms with Gasteiger partial charge in [-0.15, -0.1) is 0 Å². The van der Waals surface area contributed by atoms with Crippen LogP contribution in [-0.4, -0.2) is 19.8 Å². The number of hydrogen-bond acceptors (Lipinski definition) is 6. The van der Waals surface area contributed by atoms with E-state index < -0.39 is 0 Å². The van der Waals surface area contributed by atoms with Gasteiger partial charge in [-0.25, -0.2) is 0 Å². The van der Waals surface area contributed by atoms with Crippen LogP contribution in [0.5, 0.6) is 23.0 Å². The van der Waals surface area contributed by atoms with Crippen molar-refractivity contribution in [1.82, 2.24) is 0 Å². The number of ether oxygens (including phenoxy) is 4. The lowest BCUT2D eigenvalue weighted by Crippen LogP contribution is -1.93. The van der Waals surface area contributed by atoms with E-state index in [-0.39, 0.29) is 20.2 Å². The first-order valence-electron chi connectivity index (χ1n) is 6.92. The highest BCUT2D eigenvalue weighted by molar-refractivity contribution is 6.31. The smallest absolute Gasteiger partial charge is 0.231 e. The van der Waals surface area contributed by atoms with Crippen molar-refractivity contribution in [2.24, 2.45) is 5.16 Å². The maximum absolute atomic E-state index is 6.17. The number of oxime groups is 1. The van der Waals surface area contributed by atoms with Crippen molar-refractivity contribution in [2.75, 3.05) is 13.6 Å². The second-order valence-corrected chi connectivity index (χ2v) is 5.32. The Morgan fingerprint density at radius 3 is 2.48 bits per heavy atom. The predicted octanol–water partition coefficient (Wildman–Crippen LogP) is 3.35. The molecule has 2 aromatic rings. The van der Waals surface area contributed by atoms with Crippen LogP contribution >= 0.6 is 11.6 Å². The van der Waals surface area contributed by atoms with Gasteiger partial charge in [0.25, 0.3) is 0 Å². The number of hydrogen-bond donors (Lipinski definition) is 0. The van der Waals surface area contributed by atoms with Crippen molar-refractivity contribution < 1.29 is 23.8 Å². The van der Waals surface area contributed by atoms with E-state index in [1.807, 2.05) is 18.2 Å². The van der Waals surface area contributed by atoms with Crippen LogP contribution in [0.3, 0.4) is 0 Å². The van der Waals surface area contributed by atoms with Gasteiger partial charge in [0.2, 0.25) is 13.6 Å². The molecule has 0 aliphatic carbocycles. The summed E-state index contributed by atoms with van der Waals surface area (Å²) in [5.41, 5.74) is 1.63. The van der Waals surface area contributed by atoms with Gasteiger partial charge < -0.3 is 23.8 Å². The fraction of sp³-hybridized carbons (Fsp3) is 0.188. The molecule has 0 aromatic heterocycles. The topological polar surface area (TPSA) is 58.5 Å². The number of rotatable bonds is 4. The Balaban J connectivity index is 1.40. The minimum atomic E-state index is 0.207. The summed E-state index contributed by atoms with van der Waals surface area (Å²) in [4.78, 5) is 5.30. The second-order valence-electron chi connectivity index (χ2n) is 4.92. The zero-order valence-electron chi connectivity index (χ0n) is 12.0. The van der Waals surface area contributed by atoms with Crippen molar-refractivity contribution >= 4 is 17.8 Å². The number of fused-ring (bicyclic) bond motifs is 2. The minimum Gasteiger partial charge on any atom is -0.454 e. The molecular formula is C16H12ClNO5. The standard InChI is InChI=1S/C16H12ClNO5/c17-12-5-16-15(21-9-22-16)4-11(12)7-23-18-6-10-1-2-13-14(3-10)20-8-19-13/h1-6H,7-9H2. The molecule has 0 atom stereocenters. The lowest BCUT2D eigenvalue weighted by Gasteiger charge is -2.05. The Morgan fingerprint density at radius 1 is 0.957 bits per heavy atom. The number of nitrogens with zero attached hydrogens (tertiary/aromatic N) is 1. The molecule has 0 amide bonds. The Hall–Kier alpha value is -2.60. The zero-order valence-corrected chi connectivity index (χ0v) is 12.7. The van der Waals surface area contributed by atoms with E-state index in [0.29, 0.717) is 22.3 Å². The van der Waals surface area contributed by atoms with Crippen molar-refractivity contribution in [3.05, 3.63) is 46.5 Å². The van der Waals surface area contributed by atoms with Gasteiger partial charge in [0, 0.05) is 17.2 Å². The maximum atomic E-state index is 6.17. The molecule has 0 spiro atoms. The Labute approximate surface area is 137 Å². The molecule has 4 rings (SSSR count). The molecular weight excluding hydrogens is 322 g/mol. The summed E-state index contributed by atoms with van der Waals surface area (Å²) in [5, 5.41) is 4.49. The molecule has 118 valence electrons. The zero-order chi connectivity index (χ0) is 15.6. The van der Waals surface area contributed by atoms with E-state index in [2.05, 4.69) is 5.16 Å². The Morgan fingerprint density at radius 2 is 1.65 bits per heavy atom. The lowest BCUT2D eigenvalue weighted by atomic mass is 10.2. The quantitative estimate of drug-likeness (QED) is 0.634. The molecule has 0 saturated carbocycles. The summed E-state index contributed by atoms with van der Waals surface area (Å²) >= 11 is 6.17. The number of halogens is 1. The fourth-order valence-corrected chi connectivity index (χ4v) is 2.48. The molecule has 2 aromatic carbocycles. The molecule has 6 nitrogen and oxygen atoms in total. The van der Waals surface area contributed by atoms with Crippen molar-refractivity contribution in [1.29, 1.82) is 0 Å². The summed E-state index contributed by atoms with van der Waals surface area (Å²) in [7, 11) is 0. The molecule has 7 heteroatoms. The van der Waals surface area contributed by atoms with Gasteiger partial charge in [0.1, 0.15) is 6.61 Å². The van der Waals surface area contributed by atoms with Gasteiger partial charge in [0.05, 0.1) is 11.2 Å². The van der Waals surface area contributed by atoms with E-state index >= 15 is 0 Å². The van der Waals surface area contributed by atoms with Gasteiger partial charge in [-0.2, -0.15) is 0 Å².